The Balaban J connectivity index is 2.57. The first-order valence-corrected chi connectivity index (χ1v) is 3.56. The summed E-state index contributed by atoms with van der Waals surface area (Å²) in [4.78, 5) is 10.6. The van der Waals surface area contributed by atoms with Crippen LogP contribution in [0.15, 0.2) is 0 Å². The molecule has 0 aromatic heterocycles. The van der Waals surface area contributed by atoms with Gasteiger partial charge in [0.05, 0.1) is 0 Å². The summed E-state index contributed by atoms with van der Waals surface area (Å²) < 4.78 is 35.9. The third kappa shape index (κ3) is 1.33. The fraction of sp³-hybridized carbons (Fsp3) is 0.857. The van der Waals surface area contributed by atoms with Gasteiger partial charge in [0.25, 0.3) is 0 Å². The average molecular weight is 182 g/mol. The van der Waals surface area contributed by atoms with Crippen molar-refractivity contribution in [3.8, 4) is 0 Å². The van der Waals surface area contributed by atoms with Crippen molar-refractivity contribution in [1.29, 1.82) is 0 Å². The van der Waals surface area contributed by atoms with Gasteiger partial charge in [-0.2, -0.15) is 13.2 Å². The number of carbonyl (C=O) groups excluding carboxylic acids is 1. The lowest BCUT2D eigenvalue weighted by atomic mass is 9.69. The zero-order valence-electron chi connectivity index (χ0n) is 6.48. The first-order valence-electron chi connectivity index (χ1n) is 3.56. The summed E-state index contributed by atoms with van der Waals surface area (Å²) in [7, 11) is 0. The maximum absolute atomic E-state index is 12.0. The van der Waals surface area contributed by atoms with Gasteiger partial charge in [0, 0.05) is 5.92 Å². The molecule has 1 aliphatic rings. The molecule has 0 aliphatic heterocycles. The van der Waals surface area contributed by atoms with Crippen LogP contribution in [0.4, 0.5) is 13.2 Å². The van der Waals surface area contributed by atoms with Gasteiger partial charge in [0.15, 0.2) is 5.60 Å². The lowest BCUT2D eigenvalue weighted by molar-refractivity contribution is -0.295. The van der Waals surface area contributed by atoms with E-state index in [-0.39, 0.29) is 5.78 Å². The SMILES string of the molecule is CC(=O)C1CC(O)(C(F)(F)F)C1. The molecule has 1 rings (SSSR count). The van der Waals surface area contributed by atoms with Crippen molar-refractivity contribution in [3.05, 3.63) is 0 Å². The van der Waals surface area contributed by atoms with Crippen LogP contribution < -0.4 is 0 Å². The van der Waals surface area contributed by atoms with Crippen LogP contribution in [0.25, 0.3) is 0 Å². The third-order valence-electron chi connectivity index (χ3n) is 2.27. The summed E-state index contributed by atoms with van der Waals surface area (Å²) in [6.45, 7) is 1.24. The molecule has 5 heteroatoms. The fourth-order valence-electron chi connectivity index (χ4n) is 1.27. The van der Waals surface area contributed by atoms with E-state index in [1.807, 2.05) is 0 Å². The smallest absolute Gasteiger partial charge is 0.380 e. The standard InChI is InChI=1S/C7H9F3O2/c1-4(11)5-2-6(12,3-5)7(8,9)10/h5,12H,2-3H2,1H3. The van der Waals surface area contributed by atoms with Gasteiger partial charge >= 0.3 is 6.18 Å². The van der Waals surface area contributed by atoms with E-state index in [1.165, 1.54) is 6.92 Å². The van der Waals surface area contributed by atoms with E-state index >= 15 is 0 Å². The molecule has 0 amide bonds. The third-order valence-corrected chi connectivity index (χ3v) is 2.27. The molecule has 0 saturated heterocycles. The van der Waals surface area contributed by atoms with Crippen molar-refractivity contribution in [2.24, 2.45) is 5.92 Å². The minimum absolute atomic E-state index is 0.288. The Kier molecular flexibility index (Phi) is 1.94. The molecule has 12 heavy (non-hydrogen) atoms. The Morgan fingerprint density at radius 1 is 1.50 bits per heavy atom. The van der Waals surface area contributed by atoms with Crippen molar-refractivity contribution in [2.75, 3.05) is 0 Å². The van der Waals surface area contributed by atoms with Crippen molar-refractivity contribution in [2.45, 2.75) is 31.5 Å². The molecule has 0 spiro atoms. The first-order chi connectivity index (χ1) is 5.26. The van der Waals surface area contributed by atoms with Gasteiger partial charge in [-0.15, -0.1) is 0 Å². The molecule has 2 nitrogen and oxygen atoms in total. The highest BCUT2D eigenvalue weighted by Crippen LogP contribution is 2.48. The van der Waals surface area contributed by atoms with Crippen LogP contribution in [0.3, 0.4) is 0 Å². The molecule has 1 saturated carbocycles. The second kappa shape index (κ2) is 2.45. The predicted molar refractivity (Wildman–Crippen MR) is 34.4 cm³/mol. The second-order valence-electron chi connectivity index (χ2n) is 3.25. The predicted octanol–water partition coefficient (Wildman–Crippen LogP) is 1.28. The summed E-state index contributed by atoms with van der Waals surface area (Å²) in [5, 5.41) is 8.89. The van der Waals surface area contributed by atoms with Crippen LogP contribution in [-0.2, 0) is 4.79 Å². The molecule has 0 bridgehead atoms. The van der Waals surface area contributed by atoms with Crippen LogP contribution in [0.5, 0.6) is 0 Å². The first kappa shape index (κ1) is 9.51. The quantitative estimate of drug-likeness (QED) is 0.663. The van der Waals surface area contributed by atoms with Gasteiger partial charge in [-0.05, 0) is 19.8 Å². The minimum Gasteiger partial charge on any atom is -0.380 e. The van der Waals surface area contributed by atoms with E-state index < -0.39 is 30.5 Å². The Morgan fingerprint density at radius 3 is 2.17 bits per heavy atom. The van der Waals surface area contributed by atoms with Gasteiger partial charge in [-0.25, -0.2) is 0 Å². The van der Waals surface area contributed by atoms with E-state index in [2.05, 4.69) is 0 Å². The van der Waals surface area contributed by atoms with E-state index in [9.17, 15) is 18.0 Å². The number of Topliss-reactive ketones (excluding diaryl/α,β-unsaturated/α-hetero) is 1. The van der Waals surface area contributed by atoms with Crippen molar-refractivity contribution < 1.29 is 23.1 Å². The van der Waals surface area contributed by atoms with Gasteiger partial charge in [0.2, 0.25) is 0 Å². The average Bonchev–Trinajstić information content (AvgIpc) is 1.77. The fourth-order valence-corrected chi connectivity index (χ4v) is 1.27. The topological polar surface area (TPSA) is 37.3 Å². The molecule has 1 N–H and O–H groups in total. The summed E-state index contributed by atoms with van der Waals surface area (Å²) >= 11 is 0. The monoisotopic (exact) mass is 182 g/mol. The number of hydrogen-bond acceptors (Lipinski definition) is 2. The van der Waals surface area contributed by atoms with Gasteiger partial charge in [0.1, 0.15) is 5.78 Å². The molecule has 1 aliphatic carbocycles. The molecular weight excluding hydrogens is 173 g/mol. The Labute approximate surface area is 67.4 Å². The number of alkyl halides is 3. The normalized spacial score (nSPS) is 35.9. The highest BCUT2D eigenvalue weighted by Gasteiger charge is 2.61. The van der Waals surface area contributed by atoms with Gasteiger partial charge < -0.3 is 5.11 Å². The van der Waals surface area contributed by atoms with Crippen LogP contribution in [0, 0.1) is 5.92 Å². The molecule has 0 aromatic rings. The molecule has 0 radical (unpaired) electrons. The molecule has 0 heterocycles. The largest absolute Gasteiger partial charge is 0.417 e. The van der Waals surface area contributed by atoms with Crippen molar-refractivity contribution in [3.63, 3.8) is 0 Å². The summed E-state index contributed by atoms with van der Waals surface area (Å²) in [5.41, 5.74) is -2.61. The Morgan fingerprint density at radius 2 is 1.92 bits per heavy atom. The molecule has 0 atom stereocenters. The lowest BCUT2D eigenvalue weighted by Crippen LogP contribution is -2.56. The van der Waals surface area contributed by atoms with E-state index in [1.54, 1.807) is 0 Å². The minimum atomic E-state index is -4.60. The Hall–Kier alpha value is -0.580. The number of rotatable bonds is 1. The van der Waals surface area contributed by atoms with E-state index in [4.69, 9.17) is 5.11 Å². The molecule has 0 aromatic carbocycles. The molecule has 70 valence electrons. The van der Waals surface area contributed by atoms with Crippen molar-refractivity contribution >= 4 is 5.78 Å². The lowest BCUT2D eigenvalue weighted by Gasteiger charge is -2.43. The molecule has 1 fully saturated rings. The zero-order valence-corrected chi connectivity index (χ0v) is 6.48. The van der Waals surface area contributed by atoms with Crippen LogP contribution in [0.1, 0.15) is 19.8 Å². The van der Waals surface area contributed by atoms with Crippen molar-refractivity contribution in [1.82, 2.24) is 0 Å². The van der Waals surface area contributed by atoms with Crippen LogP contribution >= 0.6 is 0 Å². The zero-order chi connectivity index (χ0) is 9.57. The Bertz CT molecular complexity index is 203. The van der Waals surface area contributed by atoms with Crippen LogP contribution in [-0.4, -0.2) is 22.7 Å². The highest BCUT2D eigenvalue weighted by molar-refractivity contribution is 5.79. The van der Waals surface area contributed by atoms with Gasteiger partial charge in [-0.1, -0.05) is 0 Å². The van der Waals surface area contributed by atoms with Crippen LogP contribution in [0.2, 0.25) is 0 Å². The van der Waals surface area contributed by atoms with E-state index in [0.717, 1.165) is 0 Å². The van der Waals surface area contributed by atoms with Gasteiger partial charge in [-0.3, -0.25) is 4.79 Å². The molecular formula is C7H9F3O2. The number of halogens is 3. The molecule has 0 unspecified atom stereocenters. The maximum atomic E-state index is 12.0. The number of hydrogen-bond donors (Lipinski definition) is 1. The number of carbonyl (C=O) groups is 1. The number of ketones is 1. The highest BCUT2D eigenvalue weighted by atomic mass is 19.4. The summed E-state index contributed by atoms with van der Waals surface area (Å²) in [6, 6.07) is 0. The second-order valence-corrected chi connectivity index (χ2v) is 3.25. The number of aliphatic hydroxyl groups is 1. The van der Waals surface area contributed by atoms with E-state index in [0.29, 0.717) is 0 Å². The summed E-state index contributed by atoms with van der Waals surface area (Å²) in [6.07, 6.45) is -5.56. The maximum Gasteiger partial charge on any atom is 0.417 e. The summed E-state index contributed by atoms with van der Waals surface area (Å²) in [5.74, 6) is -0.902.